The van der Waals surface area contributed by atoms with Crippen LogP contribution < -0.4 is 0 Å². The summed E-state index contributed by atoms with van der Waals surface area (Å²) in [5.41, 5.74) is 1.69. The van der Waals surface area contributed by atoms with Crippen molar-refractivity contribution in [3.63, 3.8) is 0 Å². The second kappa shape index (κ2) is 7.56. The fraction of sp³-hybridized carbons (Fsp3) is 0.696. The van der Waals surface area contributed by atoms with Crippen molar-refractivity contribution in [1.82, 2.24) is 0 Å². The highest BCUT2D eigenvalue weighted by Gasteiger charge is 2.61. The van der Waals surface area contributed by atoms with Gasteiger partial charge in [0.1, 0.15) is 13.2 Å². The van der Waals surface area contributed by atoms with Gasteiger partial charge in [0.25, 0.3) is 0 Å². The SMILES string of the molecule is CC1(C)[C@H]2CC[C@@]1(C)[C@H](OCC[N+](C)(C)CC(=O)OCc1ccccc1)C2. The molecule has 0 saturated heterocycles. The Hall–Kier alpha value is -1.39. The van der Waals surface area contributed by atoms with Gasteiger partial charge in [-0.2, -0.15) is 0 Å². The molecule has 27 heavy (non-hydrogen) atoms. The summed E-state index contributed by atoms with van der Waals surface area (Å²) in [5, 5.41) is 0. The van der Waals surface area contributed by atoms with E-state index in [0.717, 1.165) is 18.0 Å². The van der Waals surface area contributed by atoms with Gasteiger partial charge in [-0.25, -0.2) is 4.79 Å². The van der Waals surface area contributed by atoms with Crippen LogP contribution in [0, 0.1) is 16.7 Å². The second-order valence-electron chi connectivity index (χ2n) is 9.93. The van der Waals surface area contributed by atoms with E-state index in [1.807, 2.05) is 30.3 Å². The maximum atomic E-state index is 12.2. The van der Waals surface area contributed by atoms with Gasteiger partial charge in [-0.1, -0.05) is 51.1 Å². The third kappa shape index (κ3) is 4.22. The molecular formula is C23H36NO3+. The van der Waals surface area contributed by atoms with E-state index in [9.17, 15) is 4.79 Å². The predicted octanol–water partition coefficient (Wildman–Crippen LogP) is 4.04. The van der Waals surface area contributed by atoms with E-state index in [0.29, 0.717) is 41.2 Å². The van der Waals surface area contributed by atoms with E-state index in [1.54, 1.807) is 0 Å². The smallest absolute Gasteiger partial charge is 0.362 e. The van der Waals surface area contributed by atoms with Crippen LogP contribution in [0.15, 0.2) is 30.3 Å². The highest BCUT2D eigenvalue weighted by Crippen LogP contribution is 2.66. The highest BCUT2D eigenvalue weighted by atomic mass is 16.5. The van der Waals surface area contributed by atoms with Crippen LogP contribution in [0.2, 0.25) is 0 Å². The van der Waals surface area contributed by atoms with Crippen molar-refractivity contribution >= 4 is 5.97 Å². The standard InChI is InChI=1S/C23H36NO3/c1-22(2)19-11-12-23(22,3)20(15-19)26-14-13-24(4,5)16-21(25)27-17-18-9-7-6-8-10-18/h6-10,19-20H,11-17H2,1-5H3/q+1/t19-,20+,23-/m0/s1. The van der Waals surface area contributed by atoms with Crippen molar-refractivity contribution in [2.24, 2.45) is 16.7 Å². The molecule has 2 bridgehead atoms. The van der Waals surface area contributed by atoms with Gasteiger partial charge in [-0.3, -0.25) is 0 Å². The van der Waals surface area contributed by atoms with Crippen molar-refractivity contribution in [3.05, 3.63) is 35.9 Å². The van der Waals surface area contributed by atoms with Gasteiger partial charge in [0, 0.05) is 0 Å². The molecule has 4 nitrogen and oxygen atoms in total. The zero-order chi connectivity index (χ0) is 19.7. The van der Waals surface area contributed by atoms with E-state index >= 15 is 0 Å². The van der Waals surface area contributed by atoms with Gasteiger partial charge in [-0.05, 0) is 41.6 Å². The van der Waals surface area contributed by atoms with Crippen LogP contribution in [0.1, 0.15) is 45.6 Å². The number of fused-ring (bicyclic) bond motifs is 2. The minimum atomic E-state index is -0.156. The summed E-state index contributed by atoms with van der Waals surface area (Å²) < 4.78 is 12.4. The molecule has 4 heteroatoms. The molecule has 1 aromatic rings. The second-order valence-corrected chi connectivity index (χ2v) is 9.93. The normalized spacial score (nSPS) is 29.1. The number of hydrogen-bond donors (Lipinski definition) is 0. The van der Waals surface area contributed by atoms with Gasteiger partial charge < -0.3 is 14.0 Å². The summed E-state index contributed by atoms with van der Waals surface area (Å²) in [6.07, 6.45) is 4.17. The average molecular weight is 375 g/mol. The molecule has 0 spiro atoms. The molecule has 3 rings (SSSR count). The number of benzene rings is 1. The van der Waals surface area contributed by atoms with Crippen LogP contribution in [0.25, 0.3) is 0 Å². The van der Waals surface area contributed by atoms with Crippen molar-refractivity contribution in [3.8, 4) is 0 Å². The molecule has 2 saturated carbocycles. The van der Waals surface area contributed by atoms with Crippen LogP contribution in [-0.4, -0.2) is 50.3 Å². The number of quaternary nitrogens is 1. The molecular weight excluding hydrogens is 338 g/mol. The van der Waals surface area contributed by atoms with Gasteiger partial charge in [0.15, 0.2) is 6.54 Å². The lowest BCUT2D eigenvalue weighted by Gasteiger charge is -2.39. The first-order chi connectivity index (χ1) is 12.6. The third-order valence-corrected chi connectivity index (χ3v) is 7.53. The Labute approximate surface area is 164 Å². The molecule has 2 aliphatic rings. The Morgan fingerprint density at radius 2 is 1.89 bits per heavy atom. The molecule has 0 heterocycles. The lowest BCUT2D eigenvalue weighted by molar-refractivity contribution is -0.883. The zero-order valence-corrected chi connectivity index (χ0v) is 17.7. The van der Waals surface area contributed by atoms with Gasteiger partial charge in [-0.15, -0.1) is 0 Å². The average Bonchev–Trinajstić information content (AvgIpc) is 2.94. The lowest BCUT2D eigenvalue weighted by atomic mass is 9.70. The molecule has 2 fully saturated rings. The maximum Gasteiger partial charge on any atom is 0.362 e. The molecule has 0 amide bonds. The van der Waals surface area contributed by atoms with E-state index in [1.165, 1.54) is 19.3 Å². The molecule has 150 valence electrons. The number of hydrogen-bond acceptors (Lipinski definition) is 3. The number of ether oxygens (including phenoxy) is 2. The lowest BCUT2D eigenvalue weighted by Crippen LogP contribution is -2.47. The van der Waals surface area contributed by atoms with E-state index in [2.05, 4.69) is 34.9 Å². The third-order valence-electron chi connectivity index (χ3n) is 7.53. The quantitative estimate of drug-likeness (QED) is 0.509. The van der Waals surface area contributed by atoms with E-state index in [4.69, 9.17) is 9.47 Å². The first-order valence-corrected chi connectivity index (χ1v) is 10.3. The molecule has 0 unspecified atom stereocenters. The van der Waals surface area contributed by atoms with Crippen LogP contribution in [-0.2, 0) is 20.9 Å². The summed E-state index contributed by atoms with van der Waals surface area (Å²) in [4.78, 5) is 12.2. The van der Waals surface area contributed by atoms with Crippen LogP contribution in [0.4, 0.5) is 0 Å². The number of carbonyl (C=O) groups excluding carboxylic acids is 1. The zero-order valence-electron chi connectivity index (χ0n) is 17.7. The van der Waals surface area contributed by atoms with E-state index < -0.39 is 0 Å². The van der Waals surface area contributed by atoms with E-state index in [-0.39, 0.29) is 5.97 Å². The Morgan fingerprint density at radius 3 is 2.48 bits per heavy atom. The molecule has 2 aliphatic carbocycles. The fourth-order valence-corrected chi connectivity index (χ4v) is 5.04. The van der Waals surface area contributed by atoms with Gasteiger partial charge in [0.2, 0.25) is 0 Å². The van der Waals surface area contributed by atoms with Crippen LogP contribution in [0.3, 0.4) is 0 Å². The highest BCUT2D eigenvalue weighted by molar-refractivity contribution is 5.70. The van der Waals surface area contributed by atoms with Crippen molar-refractivity contribution in [1.29, 1.82) is 0 Å². The van der Waals surface area contributed by atoms with Gasteiger partial charge in [0.05, 0.1) is 26.8 Å². The predicted molar refractivity (Wildman–Crippen MR) is 107 cm³/mol. The largest absolute Gasteiger partial charge is 0.457 e. The minimum absolute atomic E-state index is 0.156. The van der Waals surface area contributed by atoms with Gasteiger partial charge >= 0.3 is 5.97 Å². The first-order valence-electron chi connectivity index (χ1n) is 10.3. The monoisotopic (exact) mass is 374 g/mol. The molecule has 0 radical (unpaired) electrons. The maximum absolute atomic E-state index is 12.2. The summed E-state index contributed by atoms with van der Waals surface area (Å²) >= 11 is 0. The fourth-order valence-electron chi connectivity index (χ4n) is 5.04. The molecule has 1 aromatic carbocycles. The van der Waals surface area contributed by atoms with Crippen LogP contribution in [0.5, 0.6) is 0 Å². The number of esters is 1. The van der Waals surface area contributed by atoms with Crippen LogP contribution >= 0.6 is 0 Å². The summed E-state index contributed by atoms with van der Waals surface area (Å²) in [6.45, 7) is 9.46. The number of rotatable bonds is 8. The molecule has 0 aromatic heterocycles. The Bertz CT molecular complexity index is 655. The first kappa shape index (κ1) is 20.3. The number of likely N-dealkylation sites (N-methyl/N-ethyl adjacent to an activating group) is 1. The Balaban J connectivity index is 1.42. The van der Waals surface area contributed by atoms with Crippen molar-refractivity contribution in [2.45, 2.75) is 52.7 Å². The topological polar surface area (TPSA) is 35.5 Å². The minimum Gasteiger partial charge on any atom is -0.457 e. The van der Waals surface area contributed by atoms with Crippen molar-refractivity contribution in [2.75, 3.05) is 33.8 Å². The Morgan fingerprint density at radius 1 is 1.19 bits per heavy atom. The molecule has 0 N–H and O–H groups in total. The molecule has 0 aliphatic heterocycles. The molecule has 3 atom stereocenters. The van der Waals surface area contributed by atoms with Crippen molar-refractivity contribution < 1.29 is 18.8 Å². The Kier molecular flexibility index (Phi) is 5.69. The summed E-state index contributed by atoms with van der Waals surface area (Å²) in [7, 11) is 4.14. The summed E-state index contributed by atoms with van der Waals surface area (Å²) in [6, 6.07) is 9.82. The number of carbonyl (C=O) groups is 1. The summed E-state index contributed by atoms with van der Waals surface area (Å²) in [5.74, 6) is 0.639. The number of nitrogens with zero attached hydrogens (tertiary/aromatic N) is 1.